The third-order valence-electron chi connectivity index (χ3n) is 4.88. The van der Waals surface area contributed by atoms with E-state index >= 15 is 0 Å². The Morgan fingerprint density at radius 3 is 2.39 bits per heavy atom. The molecule has 0 amide bonds. The van der Waals surface area contributed by atoms with Crippen molar-refractivity contribution in [1.82, 2.24) is 4.90 Å². The molecule has 0 saturated heterocycles. The molecule has 0 aromatic heterocycles. The van der Waals surface area contributed by atoms with Gasteiger partial charge in [-0.1, -0.05) is 39.0 Å². The molecule has 1 atom stereocenters. The van der Waals surface area contributed by atoms with Crippen LogP contribution in [0.25, 0.3) is 0 Å². The fourth-order valence-electron chi connectivity index (χ4n) is 3.69. The van der Waals surface area contributed by atoms with Crippen LogP contribution in [-0.4, -0.2) is 29.8 Å². The van der Waals surface area contributed by atoms with E-state index in [2.05, 4.69) is 11.8 Å². The first kappa shape index (κ1) is 14.0. The minimum atomic E-state index is 0.342. The van der Waals surface area contributed by atoms with E-state index in [1.165, 1.54) is 44.9 Å². The van der Waals surface area contributed by atoms with E-state index in [-0.39, 0.29) is 0 Å². The summed E-state index contributed by atoms with van der Waals surface area (Å²) in [6, 6.07) is 0.764. The van der Waals surface area contributed by atoms with Gasteiger partial charge in [-0.15, -0.1) is 0 Å². The van der Waals surface area contributed by atoms with E-state index in [9.17, 15) is 4.79 Å². The van der Waals surface area contributed by atoms with E-state index in [1.807, 2.05) is 0 Å². The predicted molar refractivity (Wildman–Crippen MR) is 75.7 cm³/mol. The lowest BCUT2D eigenvalue weighted by Crippen LogP contribution is -2.41. The number of hydrogen-bond donors (Lipinski definition) is 0. The van der Waals surface area contributed by atoms with Crippen LogP contribution in [0.3, 0.4) is 0 Å². The maximum absolute atomic E-state index is 12.1. The molecule has 0 aromatic carbocycles. The summed E-state index contributed by atoms with van der Waals surface area (Å²) in [7, 11) is 0. The minimum absolute atomic E-state index is 0.342. The van der Waals surface area contributed by atoms with E-state index in [4.69, 9.17) is 0 Å². The molecule has 0 spiro atoms. The second-order valence-electron chi connectivity index (χ2n) is 6.14. The van der Waals surface area contributed by atoms with Gasteiger partial charge in [-0.05, 0) is 32.2 Å². The van der Waals surface area contributed by atoms with Crippen molar-refractivity contribution in [1.29, 1.82) is 0 Å². The zero-order valence-corrected chi connectivity index (χ0v) is 12.0. The molecule has 0 bridgehead atoms. The lowest BCUT2D eigenvalue weighted by atomic mass is 9.92. The Bertz CT molecular complexity index is 258. The van der Waals surface area contributed by atoms with Crippen LogP contribution in [0.5, 0.6) is 0 Å². The van der Waals surface area contributed by atoms with Gasteiger partial charge < -0.3 is 0 Å². The van der Waals surface area contributed by atoms with Gasteiger partial charge in [-0.2, -0.15) is 0 Å². The highest BCUT2D eigenvalue weighted by molar-refractivity contribution is 5.81. The normalized spacial score (nSPS) is 27.4. The van der Waals surface area contributed by atoms with Crippen molar-refractivity contribution >= 4 is 5.78 Å². The average Bonchev–Trinajstić information content (AvgIpc) is 2.62. The molecule has 104 valence electrons. The largest absolute Gasteiger partial charge is 0.300 e. The quantitative estimate of drug-likeness (QED) is 0.709. The Labute approximate surface area is 112 Å². The van der Waals surface area contributed by atoms with Crippen LogP contribution in [-0.2, 0) is 4.79 Å². The second kappa shape index (κ2) is 7.28. The highest BCUT2D eigenvalue weighted by Crippen LogP contribution is 2.26. The Balaban J connectivity index is 1.89. The van der Waals surface area contributed by atoms with Crippen molar-refractivity contribution in [2.75, 3.05) is 13.1 Å². The molecule has 0 N–H and O–H groups in total. The van der Waals surface area contributed by atoms with Gasteiger partial charge in [0.2, 0.25) is 0 Å². The van der Waals surface area contributed by atoms with Crippen molar-refractivity contribution in [3.8, 4) is 0 Å². The topological polar surface area (TPSA) is 20.3 Å². The molecule has 0 radical (unpaired) electrons. The summed E-state index contributed by atoms with van der Waals surface area (Å²) in [5.74, 6) is 0.885. The summed E-state index contributed by atoms with van der Waals surface area (Å²) in [6.07, 6.45) is 12.5. The third kappa shape index (κ3) is 3.81. The molecule has 18 heavy (non-hydrogen) atoms. The molecule has 0 aliphatic heterocycles. The maximum Gasteiger partial charge on any atom is 0.137 e. The highest BCUT2D eigenvalue weighted by Gasteiger charge is 2.26. The summed E-state index contributed by atoms with van der Waals surface area (Å²) in [5, 5.41) is 0. The van der Waals surface area contributed by atoms with E-state index in [1.54, 1.807) is 0 Å². The molecule has 0 aromatic rings. The number of rotatable bonds is 4. The van der Waals surface area contributed by atoms with Gasteiger partial charge in [0, 0.05) is 24.9 Å². The molecular formula is C16H29NO. The SMILES string of the molecule is CCN(CC1CCCCCC1=O)C1CCCCC1. The molecular weight excluding hydrogens is 222 g/mol. The Morgan fingerprint density at radius 1 is 1.00 bits per heavy atom. The summed E-state index contributed by atoms with van der Waals surface area (Å²) in [4.78, 5) is 14.7. The zero-order valence-electron chi connectivity index (χ0n) is 12.0. The van der Waals surface area contributed by atoms with Crippen molar-refractivity contribution in [2.24, 2.45) is 5.92 Å². The lowest BCUT2D eigenvalue weighted by Gasteiger charge is -2.35. The van der Waals surface area contributed by atoms with Gasteiger partial charge in [0.1, 0.15) is 5.78 Å². The van der Waals surface area contributed by atoms with Crippen molar-refractivity contribution < 1.29 is 4.79 Å². The van der Waals surface area contributed by atoms with Crippen LogP contribution in [0.2, 0.25) is 0 Å². The Morgan fingerprint density at radius 2 is 1.67 bits per heavy atom. The Kier molecular flexibility index (Phi) is 5.68. The van der Waals surface area contributed by atoms with Gasteiger partial charge in [-0.3, -0.25) is 9.69 Å². The minimum Gasteiger partial charge on any atom is -0.300 e. The van der Waals surface area contributed by atoms with Gasteiger partial charge in [0.15, 0.2) is 0 Å². The van der Waals surface area contributed by atoms with E-state index in [0.717, 1.165) is 38.4 Å². The lowest BCUT2D eigenvalue weighted by molar-refractivity contribution is -0.123. The molecule has 2 nitrogen and oxygen atoms in total. The highest BCUT2D eigenvalue weighted by atomic mass is 16.1. The zero-order chi connectivity index (χ0) is 12.8. The first-order chi connectivity index (χ1) is 8.81. The Hall–Kier alpha value is -0.370. The summed E-state index contributed by atoms with van der Waals surface area (Å²) in [6.45, 7) is 4.42. The fraction of sp³-hybridized carbons (Fsp3) is 0.938. The number of carbonyl (C=O) groups is 1. The number of hydrogen-bond acceptors (Lipinski definition) is 2. The summed E-state index contributed by atoms with van der Waals surface area (Å²) >= 11 is 0. The molecule has 2 aliphatic rings. The second-order valence-corrected chi connectivity index (χ2v) is 6.14. The molecule has 2 heteroatoms. The van der Waals surface area contributed by atoms with Crippen LogP contribution in [0.4, 0.5) is 0 Å². The smallest absolute Gasteiger partial charge is 0.137 e. The number of Topliss-reactive ketones (excluding diaryl/α,β-unsaturated/α-hetero) is 1. The van der Waals surface area contributed by atoms with Crippen LogP contribution in [0.1, 0.15) is 71.1 Å². The molecule has 2 saturated carbocycles. The van der Waals surface area contributed by atoms with Gasteiger partial charge >= 0.3 is 0 Å². The first-order valence-corrected chi connectivity index (χ1v) is 8.08. The molecule has 2 aliphatic carbocycles. The summed E-state index contributed by atoms with van der Waals surface area (Å²) < 4.78 is 0. The third-order valence-corrected chi connectivity index (χ3v) is 4.88. The molecule has 1 unspecified atom stereocenters. The van der Waals surface area contributed by atoms with Gasteiger partial charge in [0.05, 0.1) is 0 Å². The van der Waals surface area contributed by atoms with Crippen molar-refractivity contribution in [2.45, 2.75) is 77.2 Å². The number of carbonyl (C=O) groups excluding carboxylic acids is 1. The van der Waals surface area contributed by atoms with Crippen LogP contribution >= 0.6 is 0 Å². The van der Waals surface area contributed by atoms with Gasteiger partial charge in [-0.25, -0.2) is 0 Å². The van der Waals surface area contributed by atoms with Crippen LogP contribution in [0, 0.1) is 5.92 Å². The average molecular weight is 251 g/mol. The number of ketones is 1. The van der Waals surface area contributed by atoms with E-state index < -0.39 is 0 Å². The maximum atomic E-state index is 12.1. The molecule has 2 rings (SSSR count). The fourth-order valence-corrected chi connectivity index (χ4v) is 3.69. The van der Waals surface area contributed by atoms with Crippen LogP contribution in [0.15, 0.2) is 0 Å². The van der Waals surface area contributed by atoms with Gasteiger partial charge in [0.25, 0.3) is 0 Å². The van der Waals surface area contributed by atoms with Crippen LogP contribution < -0.4 is 0 Å². The predicted octanol–water partition coefficient (Wildman–Crippen LogP) is 3.79. The van der Waals surface area contributed by atoms with Crippen molar-refractivity contribution in [3.05, 3.63) is 0 Å². The first-order valence-electron chi connectivity index (χ1n) is 8.08. The molecule has 0 heterocycles. The van der Waals surface area contributed by atoms with Crippen molar-refractivity contribution in [3.63, 3.8) is 0 Å². The number of nitrogens with zero attached hydrogens (tertiary/aromatic N) is 1. The van der Waals surface area contributed by atoms with E-state index in [0.29, 0.717) is 11.7 Å². The molecule has 2 fully saturated rings. The standard InChI is InChI=1S/C16H29NO/c1-2-17(15-10-6-4-7-11-15)13-14-9-5-3-8-12-16(14)18/h14-15H,2-13H2,1H3. The monoisotopic (exact) mass is 251 g/mol. The summed E-state index contributed by atoms with van der Waals surface area (Å²) in [5.41, 5.74) is 0.